The van der Waals surface area contributed by atoms with Crippen LogP contribution in [0, 0.1) is 0 Å². The number of amides is 1. The van der Waals surface area contributed by atoms with Crippen molar-refractivity contribution in [2.45, 2.75) is 50.7 Å². The van der Waals surface area contributed by atoms with Crippen LogP contribution in [0.1, 0.15) is 49.3 Å². The zero-order valence-electron chi connectivity index (χ0n) is 12.5. The van der Waals surface area contributed by atoms with E-state index in [9.17, 15) is 9.90 Å². The number of rotatable bonds is 4. The lowest BCUT2D eigenvalue weighted by Gasteiger charge is -2.23. The average molecular weight is 289 g/mol. The van der Waals surface area contributed by atoms with Gasteiger partial charge in [0.05, 0.1) is 18.6 Å². The Hall–Kier alpha value is -1.39. The fraction of sp³-hybridized carbons (Fsp3) is 0.588. The molecule has 0 spiro atoms. The summed E-state index contributed by atoms with van der Waals surface area (Å²) in [5.41, 5.74) is 2.90. The maximum atomic E-state index is 11.7. The maximum absolute atomic E-state index is 11.7. The zero-order chi connectivity index (χ0) is 14.8. The topological polar surface area (TPSA) is 49.8 Å². The van der Waals surface area contributed by atoms with Gasteiger partial charge in [-0.15, -0.1) is 0 Å². The van der Waals surface area contributed by atoms with Gasteiger partial charge in [-0.25, -0.2) is 0 Å². The Morgan fingerprint density at radius 2 is 2.29 bits per heavy atom. The normalized spacial score (nSPS) is 23.2. The van der Waals surface area contributed by atoms with Gasteiger partial charge in [0.2, 0.25) is 5.91 Å². The van der Waals surface area contributed by atoms with E-state index in [0.717, 1.165) is 42.7 Å². The monoisotopic (exact) mass is 289 g/mol. The second-order valence-corrected chi connectivity index (χ2v) is 6.10. The lowest BCUT2D eigenvalue weighted by Crippen LogP contribution is -2.20. The van der Waals surface area contributed by atoms with Gasteiger partial charge >= 0.3 is 0 Å². The number of carbonyl (C=O) groups excluding carboxylic acids is 1. The van der Waals surface area contributed by atoms with Gasteiger partial charge in [-0.3, -0.25) is 4.79 Å². The first-order valence-corrected chi connectivity index (χ1v) is 7.84. The van der Waals surface area contributed by atoms with E-state index in [2.05, 4.69) is 0 Å². The molecule has 2 unspecified atom stereocenters. The van der Waals surface area contributed by atoms with E-state index in [1.165, 1.54) is 6.42 Å². The molecular formula is C17H23NO3. The van der Waals surface area contributed by atoms with Crippen molar-refractivity contribution in [1.29, 1.82) is 0 Å². The average Bonchev–Trinajstić information content (AvgIpc) is 2.80. The Morgan fingerprint density at radius 1 is 1.43 bits per heavy atom. The Bertz CT molecular complexity index is 523. The van der Waals surface area contributed by atoms with Gasteiger partial charge in [-0.2, -0.15) is 0 Å². The highest BCUT2D eigenvalue weighted by molar-refractivity contribution is 6.00. The van der Waals surface area contributed by atoms with Crippen molar-refractivity contribution in [1.82, 2.24) is 0 Å². The van der Waals surface area contributed by atoms with Crippen LogP contribution in [0.15, 0.2) is 18.2 Å². The summed E-state index contributed by atoms with van der Waals surface area (Å²) < 4.78 is 5.70. The molecule has 1 N–H and O–H groups in total. The summed E-state index contributed by atoms with van der Waals surface area (Å²) in [5, 5.41) is 10.4. The molecule has 0 radical (unpaired) electrons. The SMILES string of the molecule is CN1C(=O)Cc2cc(C(O)CCC3CCCCO3)ccc21. The van der Waals surface area contributed by atoms with Crippen LogP contribution in [0.3, 0.4) is 0 Å². The molecule has 1 fully saturated rings. The van der Waals surface area contributed by atoms with Crippen LogP contribution in [0.2, 0.25) is 0 Å². The van der Waals surface area contributed by atoms with Crippen molar-refractivity contribution in [2.24, 2.45) is 0 Å². The Labute approximate surface area is 125 Å². The van der Waals surface area contributed by atoms with Crippen LogP contribution in [-0.4, -0.2) is 30.8 Å². The molecule has 1 aromatic carbocycles. The minimum Gasteiger partial charge on any atom is -0.388 e. The second-order valence-electron chi connectivity index (χ2n) is 6.10. The van der Waals surface area contributed by atoms with Crippen molar-refractivity contribution in [3.05, 3.63) is 29.3 Å². The predicted octanol–water partition coefficient (Wildman–Crippen LogP) is 2.59. The lowest BCUT2D eigenvalue weighted by molar-refractivity contribution is -0.117. The summed E-state index contributed by atoms with van der Waals surface area (Å²) >= 11 is 0. The molecule has 3 rings (SSSR count). The fourth-order valence-corrected chi connectivity index (χ4v) is 3.24. The minimum absolute atomic E-state index is 0.118. The van der Waals surface area contributed by atoms with Gasteiger partial charge in [0.25, 0.3) is 0 Å². The fourth-order valence-electron chi connectivity index (χ4n) is 3.24. The molecule has 2 heterocycles. The number of hydrogen-bond donors (Lipinski definition) is 1. The molecule has 4 nitrogen and oxygen atoms in total. The van der Waals surface area contributed by atoms with Gasteiger partial charge in [-0.1, -0.05) is 12.1 Å². The molecule has 1 saturated heterocycles. The molecule has 2 atom stereocenters. The molecule has 0 saturated carbocycles. The third kappa shape index (κ3) is 3.11. The summed E-state index contributed by atoms with van der Waals surface area (Å²) in [6, 6.07) is 5.85. The number of aliphatic hydroxyl groups is 1. The quantitative estimate of drug-likeness (QED) is 0.927. The minimum atomic E-state index is -0.471. The highest BCUT2D eigenvalue weighted by atomic mass is 16.5. The molecule has 2 aliphatic rings. The number of aliphatic hydroxyl groups excluding tert-OH is 1. The van der Waals surface area contributed by atoms with Gasteiger partial charge in [0, 0.05) is 19.3 Å². The summed E-state index contributed by atoms with van der Waals surface area (Å²) in [4.78, 5) is 13.4. The van der Waals surface area contributed by atoms with Crippen LogP contribution in [-0.2, 0) is 16.0 Å². The second kappa shape index (κ2) is 6.16. The van der Waals surface area contributed by atoms with Crippen molar-refractivity contribution < 1.29 is 14.6 Å². The first-order valence-electron chi connectivity index (χ1n) is 7.84. The third-order valence-electron chi connectivity index (χ3n) is 4.60. The largest absolute Gasteiger partial charge is 0.388 e. The van der Waals surface area contributed by atoms with E-state index in [-0.39, 0.29) is 5.91 Å². The molecule has 2 aliphatic heterocycles. The summed E-state index contributed by atoms with van der Waals surface area (Å²) in [5.74, 6) is 0.118. The van der Waals surface area contributed by atoms with Crippen molar-refractivity contribution in [2.75, 3.05) is 18.6 Å². The van der Waals surface area contributed by atoms with E-state index in [4.69, 9.17) is 4.74 Å². The van der Waals surface area contributed by atoms with E-state index in [1.54, 1.807) is 11.9 Å². The van der Waals surface area contributed by atoms with Gasteiger partial charge in [0.1, 0.15) is 0 Å². The Balaban J connectivity index is 1.61. The third-order valence-corrected chi connectivity index (χ3v) is 4.60. The van der Waals surface area contributed by atoms with E-state index in [0.29, 0.717) is 18.9 Å². The number of anilines is 1. The van der Waals surface area contributed by atoms with Crippen molar-refractivity contribution in [3.63, 3.8) is 0 Å². The first-order chi connectivity index (χ1) is 10.1. The molecule has 21 heavy (non-hydrogen) atoms. The number of ether oxygens (including phenoxy) is 1. The van der Waals surface area contributed by atoms with Gasteiger partial charge in [-0.05, 0) is 49.3 Å². The van der Waals surface area contributed by atoms with Gasteiger partial charge < -0.3 is 14.7 Å². The lowest BCUT2D eigenvalue weighted by atomic mass is 9.97. The molecular weight excluding hydrogens is 266 g/mol. The highest BCUT2D eigenvalue weighted by Gasteiger charge is 2.25. The molecule has 114 valence electrons. The van der Waals surface area contributed by atoms with E-state index in [1.807, 2.05) is 18.2 Å². The van der Waals surface area contributed by atoms with Gasteiger partial charge in [0.15, 0.2) is 0 Å². The standard InChI is InChI=1S/C17H23NO3/c1-18-15-7-5-12(10-13(15)11-17(18)20)16(19)8-6-14-4-2-3-9-21-14/h5,7,10,14,16,19H,2-4,6,8-9,11H2,1H3. The smallest absolute Gasteiger partial charge is 0.231 e. The van der Waals surface area contributed by atoms with Crippen LogP contribution < -0.4 is 4.90 Å². The van der Waals surface area contributed by atoms with E-state index < -0.39 is 6.10 Å². The summed E-state index contributed by atoms with van der Waals surface area (Å²) in [6.45, 7) is 0.855. The Morgan fingerprint density at radius 3 is 3.05 bits per heavy atom. The van der Waals surface area contributed by atoms with Crippen LogP contribution in [0.25, 0.3) is 0 Å². The molecule has 1 aromatic rings. The van der Waals surface area contributed by atoms with Crippen LogP contribution >= 0.6 is 0 Å². The molecule has 4 heteroatoms. The first kappa shape index (κ1) is 14.5. The number of likely N-dealkylation sites (N-methyl/N-ethyl adjacent to an activating group) is 1. The van der Waals surface area contributed by atoms with Crippen molar-refractivity contribution in [3.8, 4) is 0 Å². The number of fused-ring (bicyclic) bond motifs is 1. The number of hydrogen-bond acceptors (Lipinski definition) is 3. The highest BCUT2D eigenvalue weighted by Crippen LogP contribution is 2.31. The molecule has 0 bridgehead atoms. The molecule has 1 amide bonds. The number of carbonyl (C=O) groups is 1. The molecule has 0 aromatic heterocycles. The predicted molar refractivity (Wildman–Crippen MR) is 81.3 cm³/mol. The summed E-state index contributed by atoms with van der Waals surface area (Å²) in [6.07, 6.45) is 5.38. The van der Waals surface area contributed by atoms with Crippen LogP contribution in [0.4, 0.5) is 5.69 Å². The Kier molecular flexibility index (Phi) is 4.27. The van der Waals surface area contributed by atoms with Crippen molar-refractivity contribution >= 4 is 11.6 Å². The zero-order valence-corrected chi connectivity index (χ0v) is 12.5. The van der Waals surface area contributed by atoms with E-state index >= 15 is 0 Å². The van der Waals surface area contributed by atoms with Crippen LogP contribution in [0.5, 0.6) is 0 Å². The molecule has 0 aliphatic carbocycles. The summed E-state index contributed by atoms with van der Waals surface area (Å²) in [7, 11) is 1.80. The maximum Gasteiger partial charge on any atom is 0.231 e. The number of nitrogens with zero attached hydrogens (tertiary/aromatic N) is 1. The number of benzene rings is 1.